The molecule has 0 atom stereocenters. The van der Waals surface area contributed by atoms with Crippen molar-refractivity contribution in [2.75, 3.05) is 19.5 Å². The Morgan fingerprint density at radius 2 is 1.75 bits per heavy atom. The highest BCUT2D eigenvalue weighted by Gasteiger charge is 2.20. The van der Waals surface area contributed by atoms with Gasteiger partial charge in [-0.15, -0.1) is 10.2 Å². The Morgan fingerprint density at radius 3 is 2.43 bits per heavy atom. The van der Waals surface area contributed by atoms with Crippen molar-refractivity contribution >= 4 is 27.9 Å². The summed E-state index contributed by atoms with van der Waals surface area (Å²) in [5.41, 5.74) is 1.75. The third-order valence-corrected chi connectivity index (χ3v) is 5.14. The summed E-state index contributed by atoms with van der Waals surface area (Å²) in [6.07, 6.45) is 0. The van der Waals surface area contributed by atoms with Crippen LogP contribution in [0.3, 0.4) is 0 Å². The largest absolute Gasteiger partial charge is 0.496 e. The molecular formula is C19H17N5O3S. The molecule has 2 aromatic heterocycles. The fourth-order valence-corrected chi connectivity index (χ4v) is 3.79. The third-order valence-electron chi connectivity index (χ3n) is 4.21. The predicted octanol–water partition coefficient (Wildman–Crippen LogP) is 3.43. The van der Waals surface area contributed by atoms with Crippen molar-refractivity contribution in [1.29, 1.82) is 0 Å². The van der Waals surface area contributed by atoms with E-state index in [0.717, 1.165) is 10.6 Å². The summed E-state index contributed by atoms with van der Waals surface area (Å²) in [6.45, 7) is 1.84. The number of hydrogen-bond acceptors (Lipinski definition) is 7. The summed E-state index contributed by atoms with van der Waals surface area (Å²) >= 11 is 1.40. The monoisotopic (exact) mass is 395 g/mol. The maximum atomic E-state index is 13.0. The number of rotatable bonds is 5. The summed E-state index contributed by atoms with van der Waals surface area (Å²) < 4.78 is 12.4. The number of hydrogen-bond donors (Lipinski definition) is 1. The Bertz CT molecular complexity index is 1150. The van der Waals surface area contributed by atoms with Gasteiger partial charge in [0.2, 0.25) is 4.96 Å². The van der Waals surface area contributed by atoms with Crippen LogP contribution >= 0.6 is 11.3 Å². The standard InChI is InChI=1S/C19H17N5O3S/c1-11-21-22-19-24(11)23-18(28-19)12-7-4-5-8-13(12)20-17(25)16-14(26-2)9-6-10-15(16)27-3/h4-10H,1-3H3,(H,20,25). The summed E-state index contributed by atoms with van der Waals surface area (Å²) in [5.74, 6) is 1.24. The Morgan fingerprint density at radius 1 is 1.04 bits per heavy atom. The number of ether oxygens (including phenoxy) is 2. The minimum Gasteiger partial charge on any atom is -0.496 e. The van der Waals surface area contributed by atoms with Gasteiger partial charge in [-0.25, -0.2) is 0 Å². The lowest BCUT2D eigenvalue weighted by Gasteiger charge is -2.14. The highest BCUT2D eigenvalue weighted by atomic mass is 32.1. The number of nitrogens with zero attached hydrogens (tertiary/aromatic N) is 4. The van der Waals surface area contributed by atoms with Crippen LogP contribution in [0.2, 0.25) is 0 Å². The maximum Gasteiger partial charge on any atom is 0.263 e. The molecule has 0 fully saturated rings. The lowest BCUT2D eigenvalue weighted by Crippen LogP contribution is -2.15. The zero-order chi connectivity index (χ0) is 19.7. The number of fused-ring (bicyclic) bond motifs is 1. The van der Waals surface area contributed by atoms with Crippen LogP contribution < -0.4 is 14.8 Å². The van der Waals surface area contributed by atoms with Crippen LogP contribution in [-0.2, 0) is 0 Å². The number of amides is 1. The number of para-hydroxylation sites is 1. The van der Waals surface area contributed by atoms with E-state index < -0.39 is 0 Å². The van der Waals surface area contributed by atoms with E-state index >= 15 is 0 Å². The van der Waals surface area contributed by atoms with Gasteiger partial charge in [-0.2, -0.15) is 9.61 Å². The van der Waals surface area contributed by atoms with Crippen molar-refractivity contribution in [3.63, 3.8) is 0 Å². The minimum atomic E-state index is -0.332. The lowest BCUT2D eigenvalue weighted by atomic mass is 10.1. The van der Waals surface area contributed by atoms with Crippen LogP contribution in [-0.4, -0.2) is 39.9 Å². The molecule has 0 aliphatic heterocycles. The van der Waals surface area contributed by atoms with Gasteiger partial charge in [0.1, 0.15) is 22.1 Å². The Balaban J connectivity index is 1.73. The number of aryl methyl sites for hydroxylation is 1. The number of anilines is 1. The minimum absolute atomic E-state index is 0.330. The zero-order valence-corrected chi connectivity index (χ0v) is 16.3. The molecule has 0 saturated heterocycles. The average Bonchev–Trinajstić information content (AvgIpc) is 3.29. The molecule has 0 bridgehead atoms. The van der Waals surface area contributed by atoms with Gasteiger partial charge in [0.15, 0.2) is 5.82 Å². The first-order valence-electron chi connectivity index (χ1n) is 8.43. The van der Waals surface area contributed by atoms with E-state index in [4.69, 9.17) is 9.47 Å². The van der Waals surface area contributed by atoms with Crippen LogP contribution in [0.1, 0.15) is 16.2 Å². The van der Waals surface area contributed by atoms with Gasteiger partial charge in [-0.1, -0.05) is 29.5 Å². The van der Waals surface area contributed by atoms with E-state index in [-0.39, 0.29) is 5.91 Å². The molecule has 1 amide bonds. The fraction of sp³-hybridized carbons (Fsp3) is 0.158. The van der Waals surface area contributed by atoms with Crippen LogP contribution in [0.25, 0.3) is 15.5 Å². The molecule has 4 aromatic rings. The van der Waals surface area contributed by atoms with Gasteiger partial charge in [-0.05, 0) is 31.2 Å². The first-order valence-corrected chi connectivity index (χ1v) is 9.24. The molecule has 4 rings (SSSR count). The first kappa shape index (κ1) is 17.9. The molecule has 8 nitrogen and oxygen atoms in total. The molecule has 28 heavy (non-hydrogen) atoms. The molecule has 9 heteroatoms. The van der Waals surface area contributed by atoms with E-state index in [1.54, 1.807) is 22.7 Å². The summed E-state index contributed by atoms with van der Waals surface area (Å²) in [4.78, 5) is 13.7. The van der Waals surface area contributed by atoms with Crippen molar-refractivity contribution in [2.45, 2.75) is 6.92 Å². The zero-order valence-electron chi connectivity index (χ0n) is 15.5. The molecule has 0 saturated carbocycles. The fourth-order valence-electron chi connectivity index (χ4n) is 2.86. The molecular weight excluding hydrogens is 378 g/mol. The van der Waals surface area contributed by atoms with Gasteiger partial charge in [0.05, 0.1) is 19.9 Å². The lowest BCUT2D eigenvalue weighted by molar-refractivity contribution is 0.102. The Hall–Kier alpha value is -3.46. The van der Waals surface area contributed by atoms with E-state index in [2.05, 4.69) is 20.6 Å². The second kappa shape index (κ2) is 7.28. The van der Waals surface area contributed by atoms with Gasteiger partial charge >= 0.3 is 0 Å². The summed E-state index contributed by atoms with van der Waals surface area (Å²) in [7, 11) is 3.03. The SMILES string of the molecule is COc1cccc(OC)c1C(=O)Nc1ccccc1-c1nn2c(C)nnc2s1. The molecule has 0 spiro atoms. The summed E-state index contributed by atoms with van der Waals surface area (Å²) in [6, 6.07) is 12.7. The normalized spacial score (nSPS) is 10.8. The molecule has 0 aliphatic carbocycles. The second-order valence-electron chi connectivity index (χ2n) is 5.89. The smallest absolute Gasteiger partial charge is 0.263 e. The maximum absolute atomic E-state index is 13.0. The molecule has 2 aromatic carbocycles. The van der Waals surface area contributed by atoms with Crippen molar-refractivity contribution in [3.05, 3.63) is 53.9 Å². The predicted molar refractivity (Wildman–Crippen MR) is 106 cm³/mol. The first-order chi connectivity index (χ1) is 13.6. The molecule has 1 N–H and O–H groups in total. The van der Waals surface area contributed by atoms with E-state index in [0.29, 0.717) is 33.5 Å². The topological polar surface area (TPSA) is 90.6 Å². The third kappa shape index (κ3) is 3.05. The number of methoxy groups -OCH3 is 2. The van der Waals surface area contributed by atoms with Crippen molar-refractivity contribution in [2.24, 2.45) is 0 Å². The van der Waals surface area contributed by atoms with Crippen LogP contribution in [0, 0.1) is 6.92 Å². The highest BCUT2D eigenvalue weighted by molar-refractivity contribution is 7.19. The molecule has 0 unspecified atom stereocenters. The Kier molecular flexibility index (Phi) is 4.66. The van der Waals surface area contributed by atoms with E-state index in [1.165, 1.54) is 25.6 Å². The van der Waals surface area contributed by atoms with Crippen LogP contribution in [0.4, 0.5) is 5.69 Å². The number of carbonyl (C=O) groups excluding carboxylic acids is 1. The van der Waals surface area contributed by atoms with E-state index in [9.17, 15) is 4.79 Å². The van der Waals surface area contributed by atoms with Gasteiger partial charge < -0.3 is 14.8 Å². The summed E-state index contributed by atoms with van der Waals surface area (Å²) in [5, 5.41) is 16.3. The highest BCUT2D eigenvalue weighted by Crippen LogP contribution is 2.33. The molecule has 0 radical (unpaired) electrons. The number of nitrogens with one attached hydrogen (secondary N) is 1. The molecule has 142 valence electrons. The number of benzene rings is 2. The van der Waals surface area contributed by atoms with Crippen LogP contribution in [0.5, 0.6) is 11.5 Å². The van der Waals surface area contributed by atoms with Crippen LogP contribution in [0.15, 0.2) is 42.5 Å². The second-order valence-corrected chi connectivity index (χ2v) is 6.84. The van der Waals surface area contributed by atoms with Crippen molar-refractivity contribution in [3.8, 4) is 22.1 Å². The van der Waals surface area contributed by atoms with E-state index in [1.807, 2.05) is 31.2 Å². The van der Waals surface area contributed by atoms with Crippen molar-refractivity contribution in [1.82, 2.24) is 19.8 Å². The number of carbonyl (C=O) groups is 1. The quantitative estimate of drug-likeness (QED) is 0.557. The Labute approximate surface area is 164 Å². The van der Waals surface area contributed by atoms with Crippen molar-refractivity contribution < 1.29 is 14.3 Å². The average molecular weight is 395 g/mol. The van der Waals surface area contributed by atoms with Gasteiger partial charge in [0, 0.05) is 5.56 Å². The number of aromatic nitrogens is 4. The van der Waals surface area contributed by atoms with Gasteiger partial charge in [0.25, 0.3) is 5.91 Å². The molecule has 2 heterocycles. The van der Waals surface area contributed by atoms with Gasteiger partial charge in [-0.3, -0.25) is 4.79 Å². The molecule has 0 aliphatic rings.